The molecule has 0 atom stereocenters. The van der Waals surface area contributed by atoms with Gasteiger partial charge in [-0.1, -0.05) is 301 Å². The first-order valence-corrected chi connectivity index (χ1v) is 36.4. The lowest BCUT2D eigenvalue weighted by Gasteiger charge is -2.44. The van der Waals surface area contributed by atoms with Crippen molar-refractivity contribution in [3.05, 3.63) is 290 Å². The average Bonchev–Trinajstić information content (AvgIpc) is 1.35. The van der Waals surface area contributed by atoms with Crippen molar-refractivity contribution in [2.45, 2.75) is 72.0 Å². The monoisotopic (exact) mass is 1260 g/mol. The maximum atomic E-state index is 6.17. The van der Waals surface area contributed by atoms with Crippen LogP contribution in [0.2, 0.25) is 0 Å². The smallest absolute Gasteiger partial charge is 0.195 e. The van der Waals surface area contributed by atoms with E-state index < -0.39 is 8.07 Å². The molecule has 0 N–H and O–H groups in total. The minimum absolute atomic E-state index is 0.210. The van der Waals surface area contributed by atoms with Gasteiger partial charge in [0.2, 0.25) is 0 Å². The first-order valence-electron chi connectivity index (χ1n) is 32.0. The highest BCUT2D eigenvalue weighted by Crippen LogP contribution is 2.57. The van der Waals surface area contributed by atoms with Crippen LogP contribution >= 0.6 is 34.9 Å². The number of fused-ring (bicyclic) bond motifs is 13. The summed E-state index contributed by atoms with van der Waals surface area (Å²) in [4.78, 5) is 23.5. The molecule has 4 nitrogen and oxygen atoms in total. The van der Waals surface area contributed by atoms with Gasteiger partial charge in [0.15, 0.2) is 18.9 Å². The summed E-state index contributed by atoms with van der Waals surface area (Å²) in [5.41, 5.74) is 21.5. The van der Waals surface area contributed by atoms with Gasteiger partial charge in [-0.15, -0.1) is 0 Å². The summed E-state index contributed by atoms with van der Waals surface area (Å²) in [6.07, 6.45) is 2.03. The fraction of sp³-hybridized carbons (Fsp3) is 0.0941. The Bertz CT molecular complexity index is 5410. The molecule has 93 heavy (non-hydrogen) atoms. The molecule has 0 aliphatic carbocycles. The standard InChI is InChI=1S/C85H64N4S3Si/c1-84(2,3)59-46-48-63-80(88-83-89(63)62-38-19-20-39-64(62)92-83)72(59)57-36-27-37-58(52-57)77-74(54-30-13-8-14-31-54)73(53-28-11-7-12-29-53)75(55-32-15-9-16-33-55)79(76(77)56-34-17-10-18-35-56)61-50-51-86-82(87-61)78-60(85(4,5)6)47-49-71-81(78)91-67-42-23-26-45-70(67)93(71)68-43-24-21-40-65(68)90-66-41-22-25-44-69(66)93/h7-52H,1-6H3. The molecule has 0 unspecified atom stereocenters. The van der Waals surface area contributed by atoms with Crippen LogP contribution in [0.25, 0.3) is 116 Å². The second-order valence-corrected chi connectivity index (χ2v) is 33.3. The fourth-order valence-electron chi connectivity index (χ4n) is 15.0. The Morgan fingerprint density at radius 3 is 1.33 bits per heavy atom. The molecule has 8 heteroatoms. The molecule has 12 aromatic carbocycles. The van der Waals surface area contributed by atoms with Crippen molar-refractivity contribution in [1.82, 2.24) is 19.4 Å². The van der Waals surface area contributed by atoms with E-state index >= 15 is 0 Å². The molecule has 2 aliphatic rings. The predicted octanol–water partition coefficient (Wildman–Crippen LogP) is 20.7. The Morgan fingerprint density at radius 1 is 0.344 bits per heavy atom. The van der Waals surface area contributed by atoms with Crippen molar-refractivity contribution in [2.24, 2.45) is 0 Å². The van der Waals surface area contributed by atoms with E-state index in [1.54, 1.807) is 11.3 Å². The molecule has 17 rings (SSSR count). The third-order valence-corrected chi connectivity index (χ3v) is 28.0. The maximum absolute atomic E-state index is 6.17. The molecule has 0 radical (unpaired) electrons. The topological polar surface area (TPSA) is 43.1 Å². The summed E-state index contributed by atoms with van der Waals surface area (Å²) in [6, 6.07) is 102. The summed E-state index contributed by atoms with van der Waals surface area (Å²) in [7, 11) is -2.99. The lowest BCUT2D eigenvalue weighted by molar-refractivity contribution is 0.590. The van der Waals surface area contributed by atoms with E-state index in [0.717, 1.165) is 99.6 Å². The second-order valence-electron chi connectivity index (χ2n) is 26.5. The van der Waals surface area contributed by atoms with E-state index in [1.165, 1.54) is 61.7 Å². The third kappa shape index (κ3) is 9.20. The predicted molar refractivity (Wildman–Crippen MR) is 396 cm³/mol. The van der Waals surface area contributed by atoms with Gasteiger partial charge in [0, 0.05) is 53.6 Å². The van der Waals surface area contributed by atoms with E-state index in [4.69, 9.17) is 15.0 Å². The van der Waals surface area contributed by atoms with Crippen molar-refractivity contribution >= 4 is 89.9 Å². The van der Waals surface area contributed by atoms with Crippen molar-refractivity contribution in [1.29, 1.82) is 0 Å². The largest absolute Gasteiger partial charge is 0.283 e. The minimum Gasteiger partial charge on any atom is -0.283 e. The van der Waals surface area contributed by atoms with Crippen molar-refractivity contribution < 1.29 is 0 Å². The third-order valence-electron chi connectivity index (χ3n) is 18.9. The molecule has 3 aromatic heterocycles. The molecule has 2 aliphatic heterocycles. The van der Waals surface area contributed by atoms with Crippen LogP contribution in [0.3, 0.4) is 0 Å². The Labute approximate surface area is 556 Å². The molecule has 15 aromatic rings. The molecule has 5 heterocycles. The number of hydrogen-bond acceptors (Lipinski definition) is 6. The van der Waals surface area contributed by atoms with Gasteiger partial charge in [-0.3, -0.25) is 4.40 Å². The van der Waals surface area contributed by atoms with Gasteiger partial charge in [-0.2, -0.15) is 0 Å². The summed E-state index contributed by atoms with van der Waals surface area (Å²) < 4.78 is 3.58. The van der Waals surface area contributed by atoms with Gasteiger partial charge >= 0.3 is 0 Å². The zero-order valence-electron chi connectivity index (χ0n) is 52.6. The lowest BCUT2D eigenvalue weighted by atomic mass is 9.74. The molecule has 0 bridgehead atoms. The first kappa shape index (κ1) is 57.2. The highest BCUT2D eigenvalue weighted by Gasteiger charge is 2.52. The number of rotatable bonds is 8. The van der Waals surface area contributed by atoms with E-state index in [9.17, 15) is 0 Å². The highest BCUT2D eigenvalue weighted by molar-refractivity contribution is 8.01. The number of nitrogens with zero attached hydrogens (tertiary/aromatic N) is 4. The summed E-state index contributed by atoms with van der Waals surface area (Å²) in [5.74, 6) is 0.711. The van der Waals surface area contributed by atoms with Crippen molar-refractivity contribution in [2.75, 3.05) is 0 Å². The van der Waals surface area contributed by atoms with Crippen LogP contribution < -0.4 is 20.7 Å². The van der Waals surface area contributed by atoms with Crippen LogP contribution in [-0.4, -0.2) is 27.4 Å². The van der Waals surface area contributed by atoms with Crippen LogP contribution in [0, 0.1) is 0 Å². The fourth-order valence-corrected chi connectivity index (χ4v) is 25.3. The SMILES string of the molecule is CC(C)(C)c1ccc2c(c1-c1nccc(-c3c(-c4ccccc4)c(-c4ccccc4)c(-c4ccccc4)c(-c4cccc(-c5c(C(C)(C)C)ccc6c5nc5sc7ccccc7n56)c4)c3-c3ccccc3)n1)Sc1ccccc1[Si]21c2ccccc2Sc2ccccc21. The van der Waals surface area contributed by atoms with Crippen LogP contribution in [0.5, 0.6) is 0 Å². The molecule has 1 spiro atoms. The average molecular weight is 1270 g/mol. The molecule has 446 valence electrons. The Hall–Kier alpha value is -9.67. The number of hydrogen-bond donors (Lipinski definition) is 0. The van der Waals surface area contributed by atoms with Crippen LogP contribution in [0.15, 0.2) is 299 Å². The second kappa shape index (κ2) is 22.3. The zero-order chi connectivity index (χ0) is 62.7. The molecule has 0 saturated carbocycles. The van der Waals surface area contributed by atoms with Crippen LogP contribution in [0.4, 0.5) is 0 Å². The molecule has 0 fully saturated rings. The number of thiazole rings is 1. The van der Waals surface area contributed by atoms with Crippen LogP contribution in [0.1, 0.15) is 52.7 Å². The summed E-state index contributed by atoms with van der Waals surface area (Å²) in [6.45, 7) is 14.0. The van der Waals surface area contributed by atoms with Gasteiger partial charge in [0.05, 0.1) is 26.9 Å². The Kier molecular flexibility index (Phi) is 13.7. The zero-order valence-corrected chi connectivity index (χ0v) is 56.0. The van der Waals surface area contributed by atoms with E-state index in [-0.39, 0.29) is 10.8 Å². The van der Waals surface area contributed by atoms with Crippen LogP contribution in [-0.2, 0) is 10.8 Å². The Balaban J connectivity index is 1.01. The van der Waals surface area contributed by atoms with Crippen molar-refractivity contribution in [3.8, 4) is 89.4 Å². The van der Waals surface area contributed by atoms with E-state index in [1.807, 2.05) is 29.7 Å². The number of imidazole rings is 1. The summed E-state index contributed by atoms with van der Waals surface area (Å²) >= 11 is 5.55. The Morgan fingerprint density at radius 2 is 0.785 bits per heavy atom. The highest BCUT2D eigenvalue weighted by atomic mass is 32.2. The molecule has 0 amide bonds. The minimum atomic E-state index is -2.99. The molecular formula is C85H64N4S3Si. The van der Waals surface area contributed by atoms with Gasteiger partial charge < -0.3 is 0 Å². The summed E-state index contributed by atoms with van der Waals surface area (Å²) in [5, 5.41) is 5.67. The van der Waals surface area contributed by atoms with Gasteiger partial charge in [0.25, 0.3) is 0 Å². The maximum Gasteiger partial charge on any atom is 0.195 e. The number of benzene rings is 12. The number of aromatic nitrogens is 4. The number of para-hydroxylation sites is 1. The first-order chi connectivity index (χ1) is 45.4. The quantitative estimate of drug-likeness (QED) is 0.142. The van der Waals surface area contributed by atoms with Gasteiger partial charge in [0.1, 0.15) is 0 Å². The van der Waals surface area contributed by atoms with Crippen molar-refractivity contribution in [3.63, 3.8) is 0 Å². The lowest BCUT2D eigenvalue weighted by Crippen LogP contribution is -2.78. The molecule has 0 saturated heterocycles. The normalized spacial score (nSPS) is 13.3. The van der Waals surface area contributed by atoms with E-state index in [2.05, 4.69) is 319 Å². The molecular weight excluding hydrogens is 1200 g/mol. The van der Waals surface area contributed by atoms with Gasteiger partial charge in [-0.25, -0.2) is 15.0 Å². The van der Waals surface area contributed by atoms with Gasteiger partial charge in [-0.05, 0) is 141 Å². The van der Waals surface area contributed by atoms with E-state index in [0.29, 0.717) is 5.82 Å².